The van der Waals surface area contributed by atoms with Crippen molar-refractivity contribution in [3.8, 4) is 11.5 Å². The average Bonchev–Trinajstić information content (AvgIpc) is 3.44. The molecule has 1 aromatic carbocycles. The molecule has 0 fully saturated rings. The molecular formula is C22H23N3O5S. The predicted molar refractivity (Wildman–Crippen MR) is 116 cm³/mol. The minimum atomic E-state index is -0.381. The number of ether oxygens (including phenoxy) is 2. The molecule has 8 nitrogen and oxygen atoms in total. The van der Waals surface area contributed by atoms with E-state index in [1.165, 1.54) is 17.6 Å². The molecule has 3 aromatic rings. The molecule has 2 aromatic heterocycles. The Bertz CT molecular complexity index is 1060. The van der Waals surface area contributed by atoms with Crippen LogP contribution in [0.1, 0.15) is 41.7 Å². The quantitative estimate of drug-likeness (QED) is 0.578. The van der Waals surface area contributed by atoms with Crippen LogP contribution in [0.25, 0.3) is 0 Å². The van der Waals surface area contributed by atoms with Crippen molar-refractivity contribution in [3.05, 3.63) is 59.0 Å². The van der Waals surface area contributed by atoms with Crippen molar-refractivity contribution >= 4 is 28.3 Å². The maximum atomic E-state index is 12.7. The molecule has 1 aliphatic heterocycles. The van der Waals surface area contributed by atoms with Gasteiger partial charge in [0.2, 0.25) is 5.91 Å². The first-order valence-corrected chi connectivity index (χ1v) is 10.9. The topological polar surface area (TPSA) is 103 Å². The molecule has 0 bridgehead atoms. The lowest BCUT2D eigenvalue weighted by atomic mass is 9.95. The SMILES string of the molecule is CC(C)[C@@H](NC(=O)Cc1csc(NC(=O)c2ccco2)n1)c1ccc2c(c1)OCCO2. The lowest BCUT2D eigenvalue weighted by molar-refractivity contribution is -0.121. The lowest BCUT2D eigenvalue weighted by Crippen LogP contribution is -2.33. The smallest absolute Gasteiger partial charge is 0.293 e. The number of furan rings is 1. The van der Waals surface area contributed by atoms with Gasteiger partial charge in [-0.05, 0) is 35.7 Å². The Balaban J connectivity index is 1.39. The molecule has 0 aliphatic carbocycles. The number of nitrogens with one attached hydrogen (secondary N) is 2. The van der Waals surface area contributed by atoms with Crippen molar-refractivity contribution in [2.45, 2.75) is 26.3 Å². The zero-order chi connectivity index (χ0) is 21.8. The maximum absolute atomic E-state index is 12.7. The van der Waals surface area contributed by atoms with Gasteiger partial charge in [-0.3, -0.25) is 14.9 Å². The Morgan fingerprint density at radius 2 is 1.97 bits per heavy atom. The Labute approximate surface area is 183 Å². The molecular weight excluding hydrogens is 418 g/mol. The number of rotatable bonds is 7. The third-order valence-electron chi connectivity index (χ3n) is 4.77. The third-order valence-corrected chi connectivity index (χ3v) is 5.57. The van der Waals surface area contributed by atoms with Gasteiger partial charge >= 0.3 is 0 Å². The normalized spacial score (nSPS) is 13.6. The first kappa shape index (κ1) is 20.9. The number of fused-ring (bicyclic) bond motifs is 1. The molecule has 0 spiro atoms. The summed E-state index contributed by atoms with van der Waals surface area (Å²) in [6, 6.07) is 8.77. The largest absolute Gasteiger partial charge is 0.486 e. The van der Waals surface area contributed by atoms with Crippen LogP contribution < -0.4 is 20.1 Å². The highest BCUT2D eigenvalue weighted by Gasteiger charge is 2.22. The summed E-state index contributed by atoms with van der Waals surface area (Å²) in [4.78, 5) is 29.1. The van der Waals surface area contributed by atoms with Gasteiger partial charge in [-0.1, -0.05) is 19.9 Å². The Hall–Kier alpha value is -3.33. The zero-order valence-corrected chi connectivity index (χ0v) is 18.0. The summed E-state index contributed by atoms with van der Waals surface area (Å²) in [5, 5.41) is 7.93. The van der Waals surface area contributed by atoms with Crippen LogP contribution in [-0.2, 0) is 11.2 Å². The van der Waals surface area contributed by atoms with Crippen LogP contribution in [0.3, 0.4) is 0 Å². The van der Waals surface area contributed by atoms with Crippen LogP contribution in [0.4, 0.5) is 5.13 Å². The molecule has 1 atom stereocenters. The number of carbonyl (C=O) groups excluding carboxylic acids is 2. The predicted octanol–water partition coefficient (Wildman–Crippen LogP) is 3.82. The summed E-state index contributed by atoms with van der Waals surface area (Å²) >= 11 is 1.26. The average molecular weight is 442 g/mol. The van der Waals surface area contributed by atoms with Crippen LogP contribution in [0.15, 0.2) is 46.4 Å². The van der Waals surface area contributed by atoms with Crippen molar-refractivity contribution in [2.24, 2.45) is 5.92 Å². The van der Waals surface area contributed by atoms with Crippen molar-refractivity contribution in [3.63, 3.8) is 0 Å². The number of aromatic nitrogens is 1. The number of benzene rings is 1. The first-order valence-electron chi connectivity index (χ1n) is 9.98. The van der Waals surface area contributed by atoms with Gasteiger partial charge in [0.15, 0.2) is 22.4 Å². The highest BCUT2D eigenvalue weighted by Crippen LogP contribution is 2.34. The number of amides is 2. The zero-order valence-electron chi connectivity index (χ0n) is 17.2. The van der Waals surface area contributed by atoms with E-state index in [-0.39, 0.29) is 36.0 Å². The molecule has 0 saturated carbocycles. The number of nitrogens with zero attached hydrogens (tertiary/aromatic N) is 1. The number of thiazole rings is 1. The van der Waals surface area contributed by atoms with Gasteiger partial charge in [0.25, 0.3) is 5.91 Å². The van der Waals surface area contributed by atoms with Gasteiger partial charge in [-0.25, -0.2) is 4.98 Å². The van der Waals surface area contributed by atoms with Crippen LogP contribution in [0.5, 0.6) is 11.5 Å². The van der Waals surface area contributed by atoms with Crippen molar-refractivity contribution < 1.29 is 23.5 Å². The fourth-order valence-electron chi connectivity index (χ4n) is 3.29. The van der Waals surface area contributed by atoms with E-state index in [9.17, 15) is 9.59 Å². The molecule has 2 amide bonds. The molecule has 9 heteroatoms. The van der Waals surface area contributed by atoms with Crippen molar-refractivity contribution in [2.75, 3.05) is 18.5 Å². The highest BCUT2D eigenvalue weighted by molar-refractivity contribution is 7.14. The fraction of sp³-hybridized carbons (Fsp3) is 0.318. The summed E-state index contributed by atoms with van der Waals surface area (Å²) < 4.78 is 16.3. The second kappa shape index (κ2) is 9.22. The number of hydrogen-bond acceptors (Lipinski definition) is 7. The monoisotopic (exact) mass is 441 g/mol. The first-order chi connectivity index (χ1) is 15.0. The van der Waals surface area contributed by atoms with Crippen molar-refractivity contribution in [1.29, 1.82) is 0 Å². The fourth-order valence-corrected chi connectivity index (χ4v) is 3.99. The summed E-state index contributed by atoms with van der Waals surface area (Å²) in [6.45, 7) is 5.14. The summed E-state index contributed by atoms with van der Waals surface area (Å²) in [5.74, 6) is 1.26. The van der Waals surface area contributed by atoms with E-state index < -0.39 is 0 Å². The highest BCUT2D eigenvalue weighted by atomic mass is 32.1. The molecule has 1 aliphatic rings. The molecule has 2 N–H and O–H groups in total. The van der Waals surface area contributed by atoms with E-state index in [2.05, 4.69) is 15.6 Å². The summed E-state index contributed by atoms with van der Waals surface area (Å²) in [7, 11) is 0. The molecule has 162 valence electrons. The molecule has 0 unspecified atom stereocenters. The second-order valence-corrected chi connectivity index (χ2v) is 8.30. The maximum Gasteiger partial charge on any atom is 0.293 e. The minimum Gasteiger partial charge on any atom is -0.486 e. The van der Waals surface area contributed by atoms with Crippen LogP contribution >= 0.6 is 11.3 Å². The molecule has 0 saturated heterocycles. The molecule has 4 rings (SSSR count). The summed E-state index contributed by atoms with van der Waals surface area (Å²) in [5.41, 5.74) is 1.54. The van der Waals surface area contributed by atoms with Gasteiger partial charge in [0, 0.05) is 5.38 Å². The minimum absolute atomic E-state index is 0.112. The van der Waals surface area contributed by atoms with E-state index in [0.29, 0.717) is 29.8 Å². The molecule has 31 heavy (non-hydrogen) atoms. The van der Waals surface area contributed by atoms with Crippen LogP contribution in [-0.4, -0.2) is 30.0 Å². The van der Waals surface area contributed by atoms with Gasteiger partial charge in [-0.2, -0.15) is 0 Å². The van der Waals surface area contributed by atoms with Gasteiger partial charge in [-0.15, -0.1) is 11.3 Å². The van der Waals surface area contributed by atoms with Crippen LogP contribution in [0.2, 0.25) is 0 Å². The Kier molecular flexibility index (Phi) is 6.22. The van der Waals surface area contributed by atoms with E-state index in [4.69, 9.17) is 13.9 Å². The molecule has 3 heterocycles. The number of carbonyl (C=O) groups is 2. The van der Waals surface area contributed by atoms with Gasteiger partial charge in [0.1, 0.15) is 13.2 Å². The number of hydrogen-bond donors (Lipinski definition) is 2. The van der Waals surface area contributed by atoms with E-state index in [1.54, 1.807) is 17.5 Å². The number of anilines is 1. The van der Waals surface area contributed by atoms with Gasteiger partial charge < -0.3 is 19.2 Å². The van der Waals surface area contributed by atoms with E-state index >= 15 is 0 Å². The Morgan fingerprint density at radius 1 is 1.16 bits per heavy atom. The second-order valence-electron chi connectivity index (χ2n) is 7.44. The molecule has 0 radical (unpaired) electrons. The lowest BCUT2D eigenvalue weighted by Gasteiger charge is -2.25. The van der Waals surface area contributed by atoms with Gasteiger partial charge in [0.05, 0.1) is 24.4 Å². The van der Waals surface area contributed by atoms with Crippen LogP contribution in [0, 0.1) is 5.92 Å². The standard InChI is InChI=1S/C22H23N3O5S/c1-13(2)20(14-5-6-16-18(10-14)30-9-8-29-16)24-19(26)11-15-12-31-22(23-15)25-21(27)17-4-3-7-28-17/h3-7,10,12-13,20H,8-9,11H2,1-2H3,(H,24,26)(H,23,25,27)/t20-/m1/s1. The van der Waals surface area contributed by atoms with Crippen molar-refractivity contribution in [1.82, 2.24) is 10.3 Å². The van der Waals surface area contributed by atoms with E-state index in [1.807, 2.05) is 32.0 Å². The van der Waals surface area contributed by atoms with E-state index in [0.717, 1.165) is 11.3 Å². The third kappa shape index (κ3) is 5.05. The Morgan fingerprint density at radius 3 is 2.71 bits per heavy atom. The summed E-state index contributed by atoms with van der Waals surface area (Å²) in [6.07, 6.45) is 1.54.